The van der Waals surface area contributed by atoms with Crippen molar-refractivity contribution in [2.75, 3.05) is 0 Å². The molecule has 14 heteroatoms. The average Bonchev–Trinajstić information content (AvgIpc) is 3.42. The van der Waals surface area contributed by atoms with Crippen LogP contribution in [-0.4, -0.2) is 30.1 Å². The van der Waals surface area contributed by atoms with E-state index in [1.54, 1.807) is 36.4 Å². The van der Waals surface area contributed by atoms with Crippen LogP contribution >= 0.6 is 23.5 Å². The van der Waals surface area contributed by atoms with E-state index in [0.29, 0.717) is 33.6 Å². The molecule has 0 fully saturated rings. The lowest BCUT2D eigenvalue weighted by Crippen LogP contribution is -2.16. The minimum Gasteiger partial charge on any atom is -0.293 e. The fourth-order valence-corrected chi connectivity index (χ4v) is 7.88. The van der Waals surface area contributed by atoms with E-state index in [2.05, 4.69) is 23.8 Å². The smallest absolute Gasteiger partial charge is 0.293 e. The van der Waals surface area contributed by atoms with Crippen LogP contribution in [0.25, 0.3) is 33.6 Å². The van der Waals surface area contributed by atoms with Crippen molar-refractivity contribution in [2.24, 2.45) is 0 Å². The number of thioether (sulfide) groups is 2. The van der Waals surface area contributed by atoms with Crippen molar-refractivity contribution in [1.29, 1.82) is 21.6 Å². The number of hydrogen-bond acceptors (Lipinski definition) is 8. The van der Waals surface area contributed by atoms with Crippen LogP contribution in [0.1, 0.15) is 58.6 Å². The van der Waals surface area contributed by atoms with Crippen LogP contribution in [0.5, 0.6) is 0 Å². The second-order valence-corrected chi connectivity index (χ2v) is 15.7. The number of nitrogens with zero attached hydrogens (tertiary/aromatic N) is 2. The summed E-state index contributed by atoms with van der Waals surface area (Å²) in [5.74, 6) is 0. The molecule has 0 unspecified atom stereocenters. The highest BCUT2D eigenvalue weighted by Crippen LogP contribution is 2.49. The van der Waals surface area contributed by atoms with Crippen LogP contribution in [-0.2, 0) is 17.8 Å². The molecule has 1 aliphatic rings. The maximum atomic E-state index is 13.0. The molecule has 0 amide bonds. The molecule has 0 radical (unpaired) electrons. The van der Waals surface area contributed by atoms with E-state index >= 15 is 0 Å². The molecule has 6 nitrogen and oxygen atoms in total. The molecule has 0 bridgehead atoms. The Morgan fingerprint density at radius 1 is 0.491 bits per heavy atom. The van der Waals surface area contributed by atoms with Crippen LogP contribution in [0.3, 0.4) is 0 Å². The van der Waals surface area contributed by atoms with Gasteiger partial charge in [0.15, 0.2) is 0 Å². The number of halogens is 6. The van der Waals surface area contributed by atoms with Gasteiger partial charge in [-0.05, 0) is 106 Å². The van der Waals surface area contributed by atoms with Crippen LogP contribution < -0.4 is 0 Å². The van der Waals surface area contributed by atoms with Gasteiger partial charge >= 0.3 is 12.4 Å². The van der Waals surface area contributed by atoms with Crippen molar-refractivity contribution in [3.8, 4) is 33.6 Å². The molecule has 6 aromatic rings. The highest BCUT2D eigenvalue weighted by molar-refractivity contribution is 8.27. The zero-order valence-corrected chi connectivity index (χ0v) is 31.7. The molecule has 0 saturated carbocycles. The average molecular weight is 809 g/mol. The van der Waals surface area contributed by atoms with Gasteiger partial charge in [-0.2, -0.15) is 26.3 Å². The fraction of sp³-hybridized carbons (Fsp3) is 0.116. The predicted molar refractivity (Wildman–Crippen MR) is 216 cm³/mol. The van der Waals surface area contributed by atoms with Gasteiger partial charge in [-0.3, -0.25) is 21.6 Å². The molecule has 286 valence electrons. The van der Waals surface area contributed by atoms with Gasteiger partial charge in [0.25, 0.3) is 0 Å². The van der Waals surface area contributed by atoms with Gasteiger partial charge in [0.05, 0.1) is 33.9 Å². The number of fused-ring (bicyclic) bond motifs is 3. The van der Waals surface area contributed by atoms with E-state index in [0.717, 1.165) is 70.0 Å². The SMILES string of the molecule is CC1(C)c2cc(C(=N)SC(=N)c3cccc(-c4ccc(C(F)(F)F)cc4)n3)ccc2-c2ccc(C(=N)SC(=N)c3cccc(-c4ccc(C(F)(F)F)cc4)n3)cc21. The largest absolute Gasteiger partial charge is 0.416 e. The summed E-state index contributed by atoms with van der Waals surface area (Å²) in [4.78, 5) is 8.96. The standard InChI is InChI=1S/C43H30F6N6S2/c1-41(2)31-21-25(37(50)56-39(52)35-7-3-5-33(54-35)23-9-15-27(16-10-23)42(44,45)46)13-19-29(31)30-20-14-26(22-32(30)41)38(51)57-40(53)36-8-4-6-34(55-36)24-11-17-28(18-12-24)43(47,48)49/h3-22,50-53H,1-2H3. The number of nitrogens with one attached hydrogen (secondary N) is 4. The third-order valence-electron chi connectivity index (χ3n) is 9.59. The summed E-state index contributed by atoms with van der Waals surface area (Å²) in [6.07, 6.45) is -8.91. The van der Waals surface area contributed by atoms with E-state index in [1.165, 1.54) is 24.3 Å². The minimum atomic E-state index is -4.46. The molecular formula is C43H30F6N6S2. The Labute approximate surface area is 331 Å². The van der Waals surface area contributed by atoms with Crippen molar-refractivity contribution in [2.45, 2.75) is 31.6 Å². The van der Waals surface area contributed by atoms with Gasteiger partial charge in [-0.15, -0.1) is 0 Å². The Hall–Kier alpha value is -5.86. The summed E-state index contributed by atoms with van der Waals surface area (Å²) in [7, 11) is 0. The Balaban J connectivity index is 1.04. The van der Waals surface area contributed by atoms with Crippen molar-refractivity contribution < 1.29 is 26.3 Å². The molecule has 4 aromatic carbocycles. The first-order chi connectivity index (χ1) is 26.9. The topological polar surface area (TPSA) is 121 Å². The molecule has 0 aliphatic heterocycles. The first-order valence-corrected chi connectivity index (χ1v) is 18.8. The summed E-state index contributed by atoms with van der Waals surface area (Å²) < 4.78 is 78.3. The molecule has 4 N–H and O–H groups in total. The van der Waals surface area contributed by atoms with Crippen molar-refractivity contribution >= 4 is 43.7 Å². The number of rotatable bonds is 6. The normalized spacial score (nSPS) is 13.1. The molecule has 0 spiro atoms. The molecule has 0 saturated heterocycles. The minimum absolute atomic E-state index is 0.00421. The number of benzene rings is 4. The maximum Gasteiger partial charge on any atom is 0.416 e. The summed E-state index contributed by atoms with van der Waals surface area (Å²) in [5.41, 5.74) is 5.28. The van der Waals surface area contributed by atoms with Gasteiger partial charge in [0, 0.05) is 27.7 Å². The zero-order chi connectivity index (χ0) is 40.9. The lowest BCUT2D eigenvalue weighted by molar-refractivity contribution is -0.138. The number of pyridine rings is 2. The van der Waals surface area contributed by atoms with Gasteiger partial charge in [-0.25, -0.2) is 9.97 Å². The number of hydrogen-bond donors (Lipinski definition) is 4. The molecule has 2 heterocycles. The van der Waals surface area contributed by atoms with Crippen LogP contribution in [0, 0.1) is 21.6 Å². The highest BCUT2D eigenvalue weighted by atomic mass is 32.2. The maximum absolute atomic E-state index is 13.0. The molecule has 7 rings (SSSR count). The molecule has 1 aliphatic carbocycles. The zero-order valence-electron chi connectivity index (χ0n) is 30.0. The quantitative estimate of drug-likeness (QED) is 0.0760. The Morgan fingerprint density at radius 2 is 0.860 bits per heavy atom. The van der Waals surface area contributed by atoms with Gasteiger partial charge < -0.3 is 0 Å². The molecule has 57 heavy (non-hydrogen) atoms. The highest BCUT2D eigenvalue weighted by Gasteiger charge is 2.36. The predicted octanol–water partition coefficient (Wildman–Crippen LogP) is 12.3. The van der Waals surface area contributed by atoms with Gasteiger partial charge in [0.1, 0.15) is 20.2 Å². The van der Waals surface area contributed by atoms with Crippen LogP contribution in [0.15, 0.2) is 121 Å². The molecule has 0 atom stereocenters. The lowest BCUT2D eigenvalue weighted by Gasteiger charge is -2.22. The molecule has 2 aromatic heterocycles. The Bertz CT molecular complexity index is 2420. The number of alkyl halides is 6. The third-order valence-corrected chi connectivity index (χ3v) is 11.3. The van der Waals surface area contributed by atoms with Crippen molar-refractivity contribution in [1.82, 2.24) is 9.97 Å². The third kappa shape index (κ3) is 8.05. The van der Waals surface area contributed by atoms with E-state index in [-0.39, 0.29) is 31.6 Å². The van der Waals surface area contributed by atoms with E-state index in [9.17, 15) is 26.3 Å². The summed E-state index contributed by atoms with van der Waals surface area (Å²) in [6.45, 7) is 4.10. The monoisotopic (exact) mass is 808 g/mol. The van der Waals surface area contributed by atoms with Crippen LogP contribution in [0.4, 0.5) is 26.3 Å². The second-order valence-electron chi connectivity index (χ2n) is 13.6. The summed E-state index contributed by atoms with van der Waals surface area (Å²) in [6, 6.07) is 30.5. The fourth-order valence-electron chi connectivity index (χ4n) is 6.55. The van der Waals surface area contributed by atoms with Crippen molar-refractivity contribution in [3.63, 3.8) is 0 Å². The summed E-state index contributed by atoms with van der Waals surface area (Å²) >= 11 is 1.83. The van der Waals surface area contributed by atoms with E-state index < -0.39 is 28.9 Å². The Kier molecular flexibility index (Phi) is 10.3. The molecular weight excluding hydrogens is 779 g/mol. The van der Waals surface area contributed by atoms with Crippen LogP contribution in [0.2, 0.25) is 0 Å². The Morgan fingerprint density at radius 3 is 1.21 bits per heavy atom. The number of aromatic nitrogens is 2. The van der Waals surface area contributed by atoms with E-state index in [1.807, 2.05) is 36.4 Å². The van der Waals surface area contributed by atoms with Gasteiger partial charge in [-0.1, -0.05) is 74.5 Å². The van der Waals surface area contributed by atoms with Gasteiger partial charge in [0.2, 0.25) is 0 Å². The first kappa shape index (κ1) is 39.4. The lowest BCUT2D eigenvalue weighted by atomic mass is 9.81. The van der Waals surface area contributed by atoms with Crippen molar-refractivity contribution in [3.05, 3.63) is 166 Å². The second kappa shape index (κ2) is 14.9. The van der Waals surface area contributed by atoms with E-state index in [4.69, 9.17) is 21.6 Å². The first-order valence-electron chi connectivity index (χ1n) is 17.2. The summed E-state index contributed by atoms with van der Waals surface area (Å²) in [5, 5.41) is 35.4.